The summed E-state index contributed by atoms with van der Waals surface area (Å²) in [6.45, 7) is 6.03. The van der Waals surface area contributed by atoms with Crippen molar-refractivity contribution in [2.45, 2.75) is 39.3 Å². The molecule has 1 atom stereocenters. The van der Waals surface area contributed by atoms with Crippen LogP contribution in [0.15, 0.2) is 93.7 Å². The highest BCUT2D eigenvalue weighted by Gasteiger charge is 2.35. The van der Waals surface area contributed by atoms with Gasteiger partial charge in [0.25, 0.3) is 5.56 Å². The third-order valence-corrected chi connectivity index (χ3v) is 10.6. The molecule has 8 nitrogen and oxygen atoms in total. The van der Waals surface area contributed by atoms with Crippen LogP contribution < -0.4 is 14.9 Å². The summed E-state index contributed by atoms with van der Waals surface area (Å²) < 4.78 is 9.65. The minimum absolute atomic E-state index is 0.106. The lowest BCUT2D eigenvalue weighted by Crippen LogP contribution is -2.39. The Morgan fingerprint density at radius 1 is 1.02 bits per heavy atom. The first kappa shape index (κ1) is 30.1. The van der Waals surface area contributed by atoms with Crippen LogP contribution >= 0.6 is 22.7 Å². The van der Waals surface area contributed by atoms with Gasteiger partial charge in [-0.25, -0.2) is 9.79 Å². The molecule has 234 valence electrons. The van der Waals surface area contributed by atoms with Crippen LogP contribution in [0.2, 0.25) is 0 Å². The van der Waals surface area contributed by atoms with Crippen molar-refractivity contribution < 1.29 is 14.3 Å². The number of carbonyl (C=O) groups is 2. The first-order chi connectivity index (χ1) is 22.4. The normalized spacial score (nSPS) is 17.3. The zero-order valence-electron chi connectivity index (χ0n) is 25.7. The van der Waals surface area contributed by atoms with E-state index in [-0.39, 0.29) is 24.6 Å². The smallest absolute Gasteiger partial charge is 0.338 e. The lowest BCUT2D eigenvalue weighted by molar-refractivity contribution is -0.139. The number of hydrogen-bond donors (Lipinski definition) is 0. The van der Waals surface area contributed by atoms with Crippen LogP contribution in [0.3, 0.4) is 0 Å². The molecule has 5 aromatic rings. The molecule has 1 amide bonds. The Balaban J connectivity index is 1.36. The van der Waals surface area contributed by atoms with Crippen LogP contribution in [0.4, 0.5) is 0 Å². The number of para-hydroxylation sites is 1. The monoisotopic (exact) mass is 650 g/mol. The van der Waals surface area contributed by atoms with Gasteiger partial charge in [0.1, 0.15) is 12.6 Å². The van der Waals surface area contributed by atoms with E-state index in [1.54, 1.807) is 11.5 Å². The third kappa shape index (κ3) is 5.56. The van der Waals surface area contributed by atoms with Crippen molar-refractivity contribution in [1.29, 1.82) is 0 Å². The van der Waals surface area contributed by atoms with Gasteiger partial charge in [-0.3, -0.25) is 14.2 Å². The number of ether oxygens (including phenoxy) is 1. The second-order valence-corrected chi connectivity index (χ2v) is 13.7. The summed E-state index contributed by atoms with van der Waals surface area (Å²) in [4.78, 5) is 49.4. The minimum Gasteiger partial charge on any atom is -0.463 e. The Morgan fingerprint density at radius 3 is 2.52 bits per heavy atom. The van der Waals surface area contributed by atoms with Crippen LogP contribution in [0.1, 0.15) is 48.7 Å². The van der Waals surface area contributed by atoms with E-state index < -0.39 is 12.0 Å². The second kappa shape index (κ2) is 12.7. The number of carbonyl (C=O) groups excluding carboxylic acids is 2. The van der Waals surface area contributed by atoms with Gasteiger partial charge in [-0.05, 0) is 49.3 Å². The molecule has 0 bridgehead atoms. The summed E-state index contributed by atoms with van der Waals surface area (Å²) in [5, 5.41) is 2.90. The van der Waals surface area contributed by atoms with Crippen molar-refractivity contribution >= 4 is 57.2 Å². The molecule has 0 N–H and O–H groups in total. The summed E-state index contributed by atoms with van der Waals surface area (Å²) in [6, 6.07) is 20.7. The average Bonchev–Trinajstić information content (AvgIpc) is 3.80. The summed E-state index contributed by atoms with van der Waals surface area (Å²) in [5.41, 5.74) is 3.19. The van der Waals surface area contributed by atoms with Gasteiger partial charge in [-0.2, -0.15) is 0 Å². The predicted octanol–water partition coefficient (Wildman–Crippen LogP) is 5.21. The number of esters is 1. The highest BCUT2D eigenvalue weighted by atomic mass is 32.1. The van der Waals surface area contributed by atoms with Crippen molar-refractivity contribution in [3.05, 3.63) is 120 Å². The molecule has 5 heterocycles. The molecule has 0 spiro atoms. The van der Waals surface area contributed by atoms with E-state index in [0.717, 1.165) is 52.8 Å². The lowest BCUT2D eigenvalue weighted by Gasteiger charge is -2.30. The number of nitrogens with zero attached hydrogens (tertiary/aromatic N) is 4. The van der Waals surface area contributed by atoms with E-state index >= 15 is 0 Å². The van der Waals surface area contributed by atoms with Gasteiger partial charge in [-0.1, -0.05) is 72.9 Å². The molecular formula is C36H34N4O4S2. The Bertz CT molecular complexity index is 2130. The van der Waals surface area contributed by atoms with E-state index in [1.165, 1.54) is 22.7 Å². The topological polar surface area (TPSA) is 85.9 Å². The van der Waals surface area contributed by atoms with Gasteiger partial charge in [0.05, 0.1) is 22.4 Å². The maximum atomic E-state index is 14.3. The van der Waals surface area contributed by atoms with Crippen molar-refractivity contribution in [1.82, 2.24) is 14.0 Å². The van der Waals surface area contributed by atoms with Crippen LogP contribution in [0.25, 0.3) is 22.7 Å². The number of thiazole rings is 1. The number of rotatable bonds is 7. The molecule has 2 aliphatic heterocycles. The van der Waals surface area contributed by atoms with Gasteiger partial charge in [0, 0.05) is 46.2 Å². The summed E-state index contributed by atoms with van der Waals surface area (Å²) >= 11 is 2.79. The highest BCUT2D eigenvalue weighted by Crippen LogP contribution is 2.37. The fourth-order valence-corrected chi connectivity index (χ4v) is 8.14. The van der Waals surface area contributed by atoms with Crippen LogP contribution in [0.5, 0.6) is 0 Å². The van der Waals surface area contributed by atoms with Crippen LogP contribution in [-0.4, -0.2) is 45.6 Å². The van der Waals surface area contributed by atoms with Gasteiger partial charge >= 0.3 is 5.97 Å². The molecule has 0 saturated carbocycles. The highest BCUT2D eigenvalue weighted by molar-refractivity contribution is 7.10. The second-order valence-electron chi connectivity index (χ2n) is 11.7. The maximum Gasteiger partial charge on any atom is 0.338 e. The summed E-state index contributed by atoms with van der Waals surface area (Å²) in [5.74, 6) is 0.259. The van der Waals surface area contributed by atoms with E-state index in [2.05, 4.69) is 6.92 Å². The standard InChI is InChI=1S/C36H34N4O4S2/c1-3-44-35(43)31-32(24-10-5-4-6-11-24)37-36-40(33(31)28-14-9-19-45-28)34(42)29(46-36)20-25-21-39(27-13-8-7-12-26(25)27)22-30(41)38-17-15-23(2)16-18-38/h4-14,19-21,23,33H,3,15-18,22H2,1-2H3. The number of amides is 1. The number of likely N-dealkylation sites (tertiary alicyclic amines) is 1. The van der Waals surface area contributed by atoms with Crippen LogP contribution in [-0.2, 0) is 20.9 Å². The van der Waals surface area contributed by atoms with Gasteiger partial charge < -0.3 is 14.2 Å². The fraction of sp³-hybridized carbons (Fsp3) is 0.278. The zero-order chi connectivity index (χ0) is 31.8. The molecule has 7 rings (SSSR count). The number of piperidine rings is 1. The number of thiophene rings is 1. The third-order valence-electron chi connectivity index (χ3n) is 8.73. The number of hydrogen-bond acceptors (Lipinski definition) is 7. The molecule has 1 saturated heterocycles. The molecule has 2 aromatic carbocycles. The molecule has 0 aliphatic carbocycles. The minimum atomic E-state index is -0.682. The van der Waals surface area contributed by atoms with Gasteiger partial charge in [0.15, 0.2) is 4.80 Å². The summed E-state index contributed by atoms with van der Waals surface area (Å²) in [6.07, 6.45) is 5.90. The Morgan fingerprint density at radius 2 is 1.78 bits per heavy atom. The number of benzene rings is 2. The van der Waals surface area contributed by atoms with Gasteiger partial charge in [-0.15, -0.1) is 11.3 Å². The summed E-state index contributed by atoms with van der Waals surface area (Å²) in [7, 11) is 0. The number of aromatic nitrogens is 2. The van der Waals surface area contributed by atoms with E-state index in [4.69, 9.17) is 9.73 Å². The van der Waals surface area contributed by atoms with E-state index in [0.29, 0.717) is 26.5 Å². The molecule has 46 heavy (non-hydrogen) atoms. The first-order valence-electron chi connectivity index (χ1n) is 15.6. The van der Waals surface area contributed by atoms with Gasteiger partial charge in [0.2, 0.25) is 5.91 Å². The fourth-order valence-electron chi connectivity index (χ4n) is 6.32. The van der Waals surface area contributed by atoms with Crippen molar-refractivity contribution in [2.24, 2.45) is 10.9 Å². The van der Waals surface area contributed by atoms with E-state index in [9.17, 15) is 14.4 Å². The molecule has 3 aromatic heterocycles. The van der Waals surface area contributed by atoms with Crippen molar-refractivity contribution in [2.75, 3.05) is 19.7 Å². The molecule has 10 heteroatoms. The molecule has 1 unspecified atom stereocenters. The Hall–Kier alpha value is -4.54. The SMILES string of the molecule is CCOC(=O)C1=C(c2ccccc2)N=c2sc(=Cc3cn(CC(=O)N4CCC(C)CC4)c4ccccc34)c(=O)n2C1c1cccs1. The molecular weight excluding hydrogens is 617 g/mol. The Labute approximate surface area is 274 Å². The van der Waals surface area contributed by atoms with Crippen LogP contribution in [0, 0.1) is 5.92 Å². The predicted molar refractivity (Wildman–Crippen MR) is 182 cm³/mol. The molecule has 2 aliphatic rings. The molecule has 1 fully saturated rings. The van der Waals surface area contributed by atoms with E-state index in [1.807, 2.05) is 93.8 Å². The van der Waals surface area contributed by atoms with Crippen molar-refractivity contribution in [3.8, 4) is 0 Å². The largest absolute Gasteiger partial charge is 0.463 e. The Kier molecular flexibility index (Phi) is 8.31. The maximum absolute atomic E-state index is 14.3. The average molecular weight is 651 g/mol. The first-order valence-corrected chi connectivity index (χ1v) is 17.3. The number of fused-ring (bicyclic) bond motifs is 2. The quantitative estimate of drug-likeness (QED) is 0.227. The zero-order valence-corrected chi connectivity index (χ0v) is 27.4. The van der Waals surface area contributed by atoms with Crippen molar-refractivity contribution in [3.63, 3.8) is 0 Å². The lowest BCUT2D eigenvalue weighted by atomic mass is 9.97. The molecule has 0 radical (unpaired) electrons.